The Morgan fingerprint density at radius 2 is 1.71 bits per heavy atom. The maximum absolute atomic E-state index is 13.0. The Labute approximate surface area is 75.5 Å². The van der Waals surface area contributed by atoms with Crippen LogP contribution < -0.4 is 5.32 Å². The molecule has 0 fully saturated rings. The number of nitrogens with one attached hydrogen (secondary N) is 1. The molecule has 0 radical (unpaired) electrons. The minimum Gasteiger partial charge on any atom is -0.316 e. The van der Waals surface area contributed by atoms with Crippen LogP contribution in [0.15, 0.2) is 6.07 Å². The van der Waals surface area contributed by atoms with E-state index in [0.717, 1.165) is 0 Å². The lowest BCUT2D eigenvalue weighted by Gasteiger charge is -2.00. The second-order valence-electron chi connectivity index (χ2n) is 2.69. The average Bonchev–Trinajstić information content (AvgIpc) is 2.41. The first-order chi connectivity index (χ1) is 6.52. The lowest BCUT2D eigenvalue weighted by Crippen LogP contribution is -2.13. The molecule has 1 aromatic rings. The van der Waals surface area contributed by atoms with Gasteiger partial charge in [-0.15, -0.1) is 0 Å². The van der Waals surface area contributed by atoms with Gasteiger partial charge in [0.2, 0.25) is 0 Å². The van der Waals surface area contributed by atoms with E-state index in [0.29, 0.717) is 0 Å². The topological polar surface area (TPSA) is 46.2 Å². The summed E-state index contributed by atoms with van der Waals surface area (Å²) in [6, 6.07) is 0.271. The minimum atomic E-state index is -1.51. The summed E-state index contributed by atoms with van der Waals surface area (Å²) in [5.41, 5.74) is -1.47. The van der Waals surface area contributed by atoms with Crippen molar-refractivity contribution in [2.45, 2.75) is 0 Å². The molecular formula is C8H2F3NO2. The Morgan fingerprint density at radius 3 is 2.36 bits per heavy atom. The van der Waals surface area contributed by atoms with Gasteiger partial charge in [-0.25, -0.2) is 13.2 Å². The van der Waals surface area contributed by atoms with Gasteiger partial charge < -0.3 is 5.32 Å². The monoisotopic (exact) mass is 201 g/mol. The van der Waals surface area contributed by atoms with Gasteiger partial charge in [-0.2, -0.15) is 0 Å². The number of fused-ring (bicyclic) bond motifs is 1. The van der Waals surface area contributed by atoms with Gasteiger partial charge in [0.25, 0.3) is 11.7 Å². The van der Waals surface area contributed by atoms with Crippen LogP contribution in [0.3, 0.4) is 0 Å². The predicted octanol–water partition coefficient (Wildman–Crippen LogP) is 1.24. The first kappa shape index (κ1) is 8.74. The smallest absolute Gasteiger partial charge is 0.297 e. The fraction of sp³-hybridized carbons (Fsp3) is 0. The maximum Gasteiger partial charge on any atom is 0.297 e. The van der Waals surface area contributed by atoms with Crippen molar-refractivity contribution in [1.29, 1.82) is 0 Å². The molecule has 14 heavy (non-hydrogen) atoms. The van der Waals surface area contributed by atoms with E-state index in [9.17, 15) is 22.8 Å². The van der Waals surface area contributed by atoms with E-state index in [1.54, 1.807) is 0 Å². The van der Waals surface area contributed by atoms with Gasteiger partial charge >= 0.3 is 0 Å². The molecule has 0 unspecified atom stereocenters. The zero-order valence-electron chi connectivity index (χ0n) is 6.53. The van der Waals surface area contributed by atoms with E-state index in [2.05, 4.69) is 0 Å². The molecule has 2 rings (SSSR count). The first-order valence-electron chi connectivity index (χ1n) is 3.55. The van der Waals surface area contributed by atoms with Gasteiger partial charge in [0.05, 0.1) is 11.3 Å². The summed E-state index contributed by atoms with van der Waals surface area (Å²) in [5.74, 6) is -6.60. The number of Topliss-reactive ketones (excluding diaryl/α,β-unsaturated/α-hetero) is 1. The van der Waals surface area contributed by atoms with Crippen molar-refractivity contribution in [3.63, 3.8) is 0 Å². The van der Waals surface area contributed by atoms with E-state index in [-0.39, 0.29) is 6.07 Å². The molecule has 0 spiro atoms. The van der Waals surface area contributed by atoms with Crippen LogP contribution in [-0.2, 0) is 4.79 Å². The third-order valence-corrected chi connectivity index (χ3v) is 1.84. The number of carbonyl (C=O) groups is 2. The molecule has 3 nitrogen and oxygen atoms in total. The highest BCUT2D eigenvalue weighted by atomic mass is 19.2. The molecule has 0 aromatic heterocycles. The van der Waals surface area contributed by atoms with E-state index >= 15 is 0 Å². The summed E-state index contributed by atoms with van der Waals surface area (Å²) in [6.45, 7) is 0. The molecule has 0 saturated heterocycles. The summed E-state index contributed by atoms with van der Waals surface area (Å²) < 4.78 is 38.5. The second-order valence-corrected chi connectivity index (χ2v) is 2.69. The van der Waals surface area contributed by atoms with Crippen LogP contribution in [0.2, 0.25) is 0 Å². The fourth-order valence-electron chi connectivity index (χ4n) is 1.21. The zero-order chi connectivity index (χ0) is 10.5. The molecule has 0 aliphatic carbocycles. The molecule has 1 amide bonds. The summed E-state index contributed by atoms with van der Waals surface area (Å²) in [7, 11) is 0. The minimum absolute atomic E-state index is 0.271. The van der Waals surface area contributed by atoms with Crippen LogP contribution in [0, 0.1) is 17.5 Å². The molecule has 6 heteroatoms. The average molecular weight is 201 g/mol. The molecule has 0 saturated carbocycles. The highest BCUT2D eigenvalue weighted by Gasteiger charge is 2.35. The molecule has 0 bridgehead atoms. The summed E-state index contributed by atoms with van der Waals surface area (Å²) >= 11 is 0. The summed E-state index contributed by atoms with van der Waals surface area (Å²) in [5, 5.41) is 1.81. The van der Waals surface area contributed by atoms with E-state index in [1.807, 2.05) is 5.32 Å². The van der Waals surface area contributed by atoms with Gasteiger partial charge in [0.15, 0.2) is 17.5 Å². The van der Waals surface area contributed by atoms with Gasteiger partial charge in [0, 0.05) is 6.07 Å². The molecule has 1 N–H and O–H groups in total. The predicted molar refractivity (Wildman–Crippen MR) is 39.3 cm³/mol. The molecule has 1 aromatic carbocycles. The number of hydrogen-bond donors (Lipinski definition) is 1. The van der Waals surface area contributed by atoms with Crippen LogP contribution in [0.4, 0.5) is 18.9 Å². The second kappa shape index (κ2) is 2.57. The summed E-state index contributed by atoms with van der Waals surface area (Å²) in [4.78, 5) is 21.7. The lowest BCUT2D eigenvalue weighted by atomic mass is 10.1. The van der Waals surface area contributed by atoms with Gasteiger partial charge in [-0.05, 0) is 0 Å². The van der Waals surface area contributed by atoms with Crippen LogP contribution >= 0.6 is 0 Å². The number of ketones is 1. The zero-order valence-corrected chi connectivity index (χ0v) is 6.53. The Hall–Kier alpha value is -1.85. The van der Waals surface area contributed by atoms with Crippen LogP contribution in [0.1, 0.15) is 10.4 Å². The van der Waals surface area contributed by atoms with Crippen LogP contribution in [0.5, 0.6) is 0 Å². The standard InChI is InChI=1S/C8H2F3NO2/c9-2-1-3(10)6-4(5(2)11)7(13)8(14)12-6/h1H,(H,12,13,14). The van der Waals surface area contributed by atoms with Crippen molar-refractivity contribution in [2.75, 3.05) is 5.32 Å². The van der Waals surface area contributed by atoms with Crippen molar-refractivity contribution in [1.82, 2.24) is 0 Å². The number of anilines is 1. The Balaban J connectivity index is 2.80. The number of hydrogen-bond acceptors (Lipinski definition) is 2. The van der Waals surface area contributed by atoms with Crippen LogP contribution in [-0.4, -0.2) is 11.7 Å². The molecule has 72 valence electrons. The molecule has 1 heterocycles. The maximum atomic E-state index is 13.0. The van der Waals surface area contributed by atoms with Gasteiger partial charge in [-0.1, -0.05) is 0 Å². The van der Waals surface area contributed by atoms with Crippen molar-refractivity contribution in [2.24, 2.45) is 0 Å². The normalized spacial score (nSPS) is 14.2. The Kier molecular flexibility index (Phi) is 1.60. The number of amides is 1. The first-order valence-corrected chi connectivity index (χ1v) is 3.55. The van der Waals surface area contributed by atoms with Crippen molar-refractivity contribution in [3.8, 4) is 0 Å². The molecule has 0 atom stereocenters. The molecular weight excluding hydrogens is 199 g/mol. The quantitative estimate of drug-likeness (QED) is 0.507. The number of halogens is 3. The number of carbonyl (C=O) groups excluding carboxylic acids is 2. The highest BCUT2D eigenvalue weighted by Crippen LogP contribution is 2.30. The third-order valence-electron chi connectivity index (χ3n) is 1.84. The van der Waals surface area contributed by atoms with Crippen molar-refractivity contribution >= 4 is 17.4 Å². The van der Waals surface area contributed by atoms with E-state index < -0.39 is 40.4 Å². The van der Waals surface area contributed by atoms with Gasteiger partial charge in [-0.3, -0.25) is 9.59 Å². The number of benzene rings is 1. The lowest BCUT2D eigenvalue weighted by molar-refractivity contribution is -0.112. The van der Waals surface area contributed by atoms with Crippen molar-refractivity contribution in [3.05, 3.63) is 29.1 Å². The van der Waals surface area contributed by atoms with E-state index in [1.165, 1.54) is 0 Å². The molecule has 1 aliphatic heterocycles. The third kappa shape index (κ3) is 0.935. The molecule has 1 aliphatic rings. The highest BCUT2D eigenvalue weighted by molar-refractivity contribution is 6.51. The largest absolute Gasteiger partial charge is 0.316 e. The SMILES string of the molecule is O=C1Nc2c(F)cc(F)c(F)c2C1=O. The summed E-state index contributed by atoms with van der Waals surface area (Å²) in [6.07, 6.45) is 0. The van der Waals surface area contributed by atoms with Crippen molar-refractivity contribution < 1.29 is 22.8 Å². The Bertz CT molecular complexity index is 470. The van der Waals surface area contributed by atoms with Crippen LogP contribution in [0.25, 0.3) is 0 Å². The van der Waals surface area contributed by atoms with E-state index in [4.69, 9.17) is 0 Å². The Morgan fingerprint density at radius 1 is 1.07 bits per heavy atom. The van der Waals surface area contributed by atoms with Gasteiger partial charge in [0.1, 0.15) is 0 Å². The number of rotatable bonds is 0. The fourth-order valence-corrected chi connectivity index (χ4v) is 1.21.